The van der Waals surface area contributed by atoms with Crippen LogP contribution in [0.4, 0.5) is 4.79 Å². The second kappa shape index (κ2) is 7.26. The fourth-order valence-corrected chi connectivity index (χ4v) is 3.75. The third-order valence-electron chi connectivity index (χ3n) is 4.69. The molecule has 0 bridgehead atoms. The largest absolute Gasteiger partial charge is 0.444 e. The highest BCUT2D eigenvalue weighted by Crippen LogP contribution is 2.34. The van der Waals surface area contributed by atoms with Gasteiger partial charge in [-0.3, -0.25) is 0 Å². The molecule has 8 nitrogen and oxygen atoms in total. The maximum absolute atomic E-state index is 12.4. The van der Waals surface area contributed by atoms with Crippen LogP contribution in [0.3, 0.4) is 0 Å². The summed E-state index contributed by atoms with van der Waals surface area (Å²) in [7, 11) is 0. The first-order valence-electron chi connectivity index (χ1n) is 8.98. The molecule has 1 amide bonds. The molecule has 3 N–H and O–H groups in total. The molecule has 0 radical (unpaired) electrons. The number of carbonyl (C=O) groups excluding carboxylic acids is 1. The topological polar surface area (TPSA) is 110 Å². The third kappa shape index (κ3) is 4.51. The summed E-state index contributed by atoms with van der Waals surface area (Å²) >= 11 is 5.94. The molecule has 0 spiro atoms. The smallest absolute Gasteiger partial charge is 0.408 e. The molecule has 0 saturated heterocycles. The van der Waals surface area contributed by atoms with Crippen molar-refractivity contribution in [2.24, 2.45) is 0 Å². The van der Waals surface area contributed by atoms with Crippen LogP contribution in [0.5, 0.6) is 0 Å². The molecule has 2 heterocycles. The van der Waals surface area contributed by atoms with Gasteiger partial charge in [0.25, 0.3) is 0 Å². The van der Waals surface area contributed by atoms with Crippen molar-refractivity contribution in [2.75, 3.05) is 0 Å². The first kappa shape index (κ1) is 19.9. The number of nitrogens with one attached hydrogen (secondary N) is 1. The molecule has 1 aliphatic rings. The van der Waals surface area contributed by atoms with Crippen LogP contribution in [-0.4, -0.2) is 42.0 Å². The lowest BCUT2D eigenvalue weighted by Gasteiger charge is -2.33. The van der Waals surface area contributed by atoms with Gasteiger partial charge in [-0.05, 0) is 51.3 Å². The van der Waals surface area contributed by atoms with Crippen LogP contribution in [0, 0.1) is 0 Å². The van der Waals surface area contributed by atoms with E-state index in [2.05, 4.69) is 15.3 Å². The van der Waals surface area contributed by atoms with Gasteiger partial charge in [-0.1, -0.05) is 12.8 Å². The zero-order valence-corrected chi connectivity index (χ0v) is 16.5. The SMILES string of the molecule is CC(C)(C)OC(=O)NC1(Cn2c(C(O)O)cc3cnc(Cl)nc32)CCCC1. The number of fused-ring (bicyclic) bond motifs is 1. The molecular weight excluding hydrogens is 372 g/mol. The van der Waals surface area contributed by atoms with E-state index in [-0.39, 0.29) is 11.0 Å². The summed E-state index contributed by atoms with van der Waals surface area (Å²) in [5.41, 5.74) is -0.388. The highest BCUT2D eigenvalue weighted by atomic mass is 35.5. The van der Waals surface area contributed by atoms with Crippen molar-refractivity contribution < 1.29 is 19.7 Å². The van der Waals surface area contributed by atoms with Crippen LogP contribution in [0.1, 0.15) is 58.4 Å². The number of alkyl carbamates (subject to hydrolysis) is 1. The number of hydrogen-bond acceptors (Lipinski definition) is 6. The summed E-state index contributed by atoms with van der Waals surface area (Å²) in [4.78, 5) is 20.6. The molecule has 0 aliphatic heterocycles. The predicted octanol–water partition coefficient (Wildman–Crippen LogP) is 2.91. The molecule has 0 atom stereocenters. The third-order valence-corrected chi connectivity index (χ3v) is 4.87. The summed E-state index contributed by atoms with van der Waals surface area (Å²) < 4.78 is 7.11. The zero-order chi connectivity index (χ0) is 19.8. The number of nitrogens with zero attached hydrogens (tertiary/aromatic N) is 3. The second-order valence-corrected chi connectivity index (χ2v) is 8.40. The summed E-state index contributed by atoms with van der Waals surface area (Å²) in [6.45, 7) is 5.77. The number of halogens is 1. The Bertz CT molecular complexity index is 838. The van der Waals surface area contributed by atoms with Gasteiger partial charge in [-0.2, -0.15) is 4.98 Å². The van der Waals surface area contributed by atoms with E-state index in [1.54, 1.807) is 10.6 Å². The van der Waals surface area contributed by atoms with E-state index >= 15 is 0 Å². The van der Waals surface area contributed by atoms with Crippen LogP contribution < -0.4 is 5.32 Å². The Morgan fingerprint density at radius 1 is 1.41 bits per heavy atom. The van der Waals surface area contributed by atoms with Crippen LogP contribution in [0.15, 0.2) is 12.3 Å². The highest BCUT2D eigenvalue weighted by Gasteiger charge is 2.38. The van der Waals surface area contributed by atoms with Crippen molar-refractivity contribution >= 4 is 28.7 Å². The van der Waals surface area contributed by atoms with Gasteiger partial charge in [0, 0.05) is 18.1 Å². The number of aliphatic hydroxyl groups is 2. The number of aromatic nitrogens is 3. The quantitative estimate of drug-likeness (QED) is 0.541. The molecule has 1 saturated carbocycles. The first-order chi connectivity index (χ1) is 12.6. The van der Waals surface area contributed by atoms with Gasteiger partial charge in [0.05, 0.1) is 11.2 Å². The Morgan fingerprint density at radius 3 is 2.67 bits per heavy atom. The van der Waals surface area contributed by atoms with Gasteiger partial charge in [-0.15, -0.1) is 0 Å². The molecular formula is C18H25ClN4O4. The Kier molecular flexibility index (Phi) is 5.33. The van der Waals surface area contributed by atoms with Crippen LogP contribution >= 0.6 is 11.6 Å². The monoisotopic (exact) mass is 396 g/mol. The van der Waals surface area contributed by atoms with Gasteiger partial charge in [-0.25, -0.2) is 9.78 Å². The number of hydrogen-bond donors (Lipinski definition) is 3. The molecule has 1 aliphatic carbocycles. The van der Waals surface area contributed by atoms with Gasteiger partial charge < -0.3 is 24.8 Å². The number of rotatable bonds is 4. The van der Waals surface area contributed by atoms with Crippen molar-refractivity contribution in [3.63, 3.8) is 0 Å². The van der Waals surface area contributed by atoms with E-state index in [1.165, 1.54) is 6.20 Å². The average molecular weight is 397 g/mol. The Balaban J connectivity index is 1.96. The van der Waals surface area contributed by atoms with Crippen molar-refractivity contribution in [1.82, 2.24) is 19.9 Å². The molecule has 2 aromatic rings. The number of ether oxygens (including phenoxy) is 1. The van der Waals surface area contributed by atoms with Gasteiger partial charge in [0.1, 0.15) is 11.2 Å². The van der Waals surface area contributed by atoms with Crippen molar-refractivity contribution in [2.45, 2.75) is 70.4 Å². The Hall–Kier alpha value is -1.90. The maximum atomic E-state index is 12.4. The van der Waals surface area contributed by atoms with Gasteiger partial charge >= 0.3 is 6.09 Å². The number of amides is 1. The van der Waals surface area contributed by atoms with Crippen molar-refractivity contribution in [3.8, 4) is 0 Å². The standard InChI is InChI=1S/C18H25ClN4O4/c1-17(2,3)27-16(26)22-18(6-4-5-7-18)10-23-12(14(24)25)8-11-9-20-15(19)21-13(11)23/h8-9,14,24-25H,4-7,10H2,1-3H3,(H,22,26). The molecule has 2 aromatic heterocycles. The number of aliphatic hydroxyl groups excluding tert-OH is 1. The minimum Gasteiger partial charge on any atom is -0.444 e. The van der Waals surface area contributed by atoms with Crippen LogP contribution in [-0.2, 0) is 11.3 Å². The normalized spacial score (nSPS) is 16.9. The van der Waals surface area contributed by atoms with Crippen molar-refractivity contribution in [1.29, 1.82) is 0 Å². The number of carbonyl (C=O) groups is 1. The molecule has 27 heavy (non-hydrogen) atoms. The van der Waals surface area contributed by atoms with E-state index in [1.807, 2.05) is 20.8 Å². The van der Waals surface area contributed by atoms with E-state index < -0.39 is 23.5 Å². The Morgan fingerprint density at radius 2 is 2.07 bits per heavy atom. The summed E-state index contributed by atoms with van der Waals surface area (Å²) in [6.07, 6.45) is 2.80. The molecule has 0 unspecified atom stereocenters. The van der Waals surface area contributed by atoms with E-state index in [0.29, 0.717) is 17.6 Å². The zero-order valence-electron chi connectivity index (χ0n) is 15.7. The first-order valence-corrected chi connectivity index (χ1v) is 9.35. The summed E-state index contributed by atoms with van der Waals surface area (Å²) in [6, 6.07) is 1.62. The van der Waals surface area contributed by atoms with E-state index in [9.17, 15) is 15.0 Å². The molecule has 1 fully saturated rings. The van der Waals surface area contributed by atoms with Crippen molar-refractivity contribution in [3.05, 3.63) is 23.2 Å². The minimum atomic E-state index is -1.68. The predicted molar refractivity (Wildman–Crippen MR) is 100 cm³/mol. The lowest BCUT2D eigenvalue weighted by Crippen LogP contribution is -2.51. The molecule has 0 aromatic carbocycles. The lowest BCUT2D eigenvalue weighted by molar-refractivity contribution is -0.0486. The van der Waals surface area contributed by atoms with Gasteiger partial charge in [0.2, 0.25) is 5.28 Å². The maximum Gasteiger partial charge on any atom is 0.408 e. The van der Waals surface area contributed by atoms with Crippen LogP contribution in [0.2, 0.25) is 5.28 Å². The Labute approximate surface area is 162 Å². The second-order valence-electron chi connectivity index (χ2n) is 8.06. The van der Waals surface area contributed by atoms with Gasteiger partial charge in [0.15, 0.2) is 6.29 Å². The minimum absolute atomic E-state index is 0.0707. The highest BCUT2D eigenvalue weighted by molar-refractivity contribution is 6.28. The fourth-order valence-electron chi connectivity index (χ4n) is 3.62. The summed E-state index contributed by atoms with van der Waals surface area (Å²) in [5.74, 6) is 0. The molecule has 9 heteroatoms. The van der Waals surface area contributed by atoms with Crippen LogP contribution in [0.25, 0.3) is 11.0 Å². The van der Waals surface area contributed by atoms with E-state index in [4.69, 9.17) is 16.3 Å². The summed E-state index contributed by atoms with van der Waals surface area (Å²) in [5, 5.41) is 23.3. The lowest BCUT2D eigenvalue weighted by atomic mass is 9.97. The fraction of sp³-hybridized carbons (Fsp3) is 0.611. The van der Waals surface area contributed by atoms with E-state index in [0.717, 1.165) is 25.7 Å². The molecule has 148 valence electrons. The molecule has 3 rings (SSSR count). The average Bonchev–Trinajstić information content (AvgIpc) is 3.11.